The number of fused-ring (bicyclic) bond motifs is 5. The van der Waals surface area contributed by atoms with Crippen LogP contribution in [0, 0.1) is 14.7 Å². The highest BCUT2D eigenvalue weighted by Crippen LogP contribution is 2.46. The summed E-state index contributed by atoms with van der Waals surface area (Å²) in [4.78, 5) is 1.51. The maximum absolute atomic E-state index is 3.42. The Labute approximate surface area is 172 Å². The van der Waals surface area contributed by atoms with E-state index in [1.165, 1.54) is 43.5 Å². The number of hydrogen-bond donors (Lipinski definition) is 0. The Bertz CT molecular complexity index is 1160. The van der Waals surface area contributed by atoms with E-state index in [0.717, 1.165) is 5.56 Å². The third-order valence-corrected chi connectivity index (χ3v) is 10.6. The van der Waals surface area contributed by atoms with Crippen LogP contribution in [-0.2, 0) is 6.42 Å². The summed E-state index contributed by atoms with van der Waals surface area (Å²) in [6.07, 6.45) is 10.8. The zero-order valence-electron chi connectivity index (χ0n) is 14.4. The first kappa shape index (κ1) is 16.7. The van der Waals surface area contributed by atoms with Gasteiger partial charge in [0.1, 0.15) is 0 Å². The molecular weight excluding hydrogens is 467 g/mol. The van der Waals surface area contributed by atoms with Gasteiger partial charge in [0.15, 0.2) is 0 Å². The van der Waals surface area contributed by atoms with Crippen LogP contribution in [0.1, 0.15) is 41.3 Å². The first-order chi connectivity index (χ1) is 12.8. The Morgan fingerprint density at radius 1 is 0.962 bits per heavy atom. The molecule has 3 heterocycles. The molecule has 0 fully saturated rings. The number of thiophene rings is 2. The normalized spacial score (nSPS) is 15.7. The summed E-state index contributed by atoms with van der Waals surface area (Å²) >= 11 is 3.90. The van der Waals surface area contributed by atoms with Gasteiger partial charge >= 0.3 is 0 Å². The van der Waals surface area contributed by atoms with Gasteiger partial charge in [-0.1, -0.05) is 56.3 Å². The van der Waals surface area contributed by atoms with Crippen LogP contribution in [-0.4, -0.2) is 3.51 Å². The van der Waals surface area contributed by atoms with E-state index in [1.54, 1.807) is 13.1 Å². The maximum Gasteiger partial charge on any atom is 0.0704 e. The minimum Gasteiger partial charge on any atom is -0.134 e. The molecule has 1 aliphatic heterocycles. The zero-order chi connectivity index (χ0) is 17.5. The number of hydrogen-bond acceptors (Lipinski definition) is 2. The first-order valence-electron chi connectivity index (χ1n) is 8.80. The van der Waals surface area contributed by atoms with Crippen LogP contribution in [0.25, 0.3) is 21.6 Å². The van der Waals surface area contributed by atoms with Crippen molar-refractivity contribution in [3.05, 3.63) is 66.4 Å². The van der Waals surface area contributed by atoms with Crippen LogP contribution in [0.5, 0.6) is 0 Å². The molecule has 2 aromatic heterocycles. The summed E-state index contributed by atoms with van der Waals surface area (Å²) in [5.41, 5.74) is 5.73. The minimum atomic E-state index is -0.156. The molecule has 2 aliphatic rings. The molecule has 0 atom stereocenters. The SMILES string of the molecule is CC1=Cc2sc3c4c(sc3c2CCC1)I=C(C#Cc1ccccc1)C=C4. The van der Waals surface area contributed by atoms with E-state index in [1.807, 2.05) is 40.9 Å². The second-order valence-corrected chi connectivity index (χ2v) is 12.2. The zero-order valence-corrected chi connectivity index (χ0v) is 18.2. The molecule has 0 nitrogen and oxygen atoms in total. The molecule has 0 spiro atoms. The Morgan fingerprint density at radius 2 is 1.85 bits per heavy atom. The molecule has 3 heteroatoms. The van der Waals surface area contributed by atoms with Crippen molar-refractivity contribution in [1.29, 1.82) is 0 Å². The number of aryl methyl sites for hydroxylation is 1. The second-order valence-electron chi connectivity index (χ2n) is 6.63. The molecule has 0 unspecified atom stereocenters. The van der Waals surface area contributed by atoms with Gasteiger partial charge in [0.25, 0.3) is 0 Å². The molecule has 0 amide bonds. The van der Waals surface area contributed by atoms with Crippen molar-refractivity contribution >= 4 is 68.5 Å². The standard InChI is InChI=1S/C23H17IS2/c1-15-6-5-9-18-20(14-15)25-22-19-13-12-17(24-23(19)26-21(18)22)11-10-16-7-3-2-4-8-16/h2-4,7-8,12-14H,5-6,9H2,1H3. The Balaban J connectivity index is 1.56. The highest BCUT2D eigenvalue weighted by atomic mass is 127. The molecule has 0 N–H and O–H groups in total. The van der Waals surface area contributed by atoms with Gasteiger partial charge in [-0.3, -0.25) is 0 Å². The van der Waals surface area contributed by atoms with Crippen LogP contribution < -0.4 is 0 Å². The van der Waals surface area contributed by atoms with E-state index >= 15 is 0 Å². The average Bonchev–Trinajstić information content (AvgIpc) is 3.10. The Kier molecular flexibility index (Phi) is 4.44. The van der Waals surface area contributed by atoms with Crippen LogP contribution in [0.2, 0.25) is 0 Å². The van der Waals surface area contributed by atoms with E-state index < -0.39 is 0 Å². The summed E-state index contributed by atoms with van der Waals surface area (Å²) in [6.45, 7) is 2.27. The van der Waals surface area contributed by atoms with Crippen LogP contribution in [0.15, 0.2) is 42.0 Å². The van der Waals surface area contributed by atoms with Gasteiger partial charge in [-0.25, -0.2) is 0 Å². The molecule has 128 valence electrons. The maximum atomic E-state index is 3.42. The fourth-order valence-electron chi connectivity index (χ4n) is 3.39. The first-order valence-corrected chi connectivity index (χ1v) is 12.6. The van der Waals surface area contributed by atoms with Crippen molar-refractivity contribution < 1.29 is 0 Å². The predicted octanol–water partition coefficient (Wildman–Crippen LogP) is 7.09. The number of benzene rings is 1. The van der Waals surface area contributed by atoms with E-state index in [9.17, 15) is 0 Å². The number of halogens is 1. The van der Waals surface area contributed by atoms with Crippen molar-refractivity contribution in [3.63, 3.8) is 0 Å². The third kappa shape index (κ3) is 3.05. The molecule has 3 aromatic rings. The highest BCUT2D eigenvalue weighted by molar-refractivity contribution is 14.2. The lowest BCUT2D eigenvalue weighted by Gasteiger charge is -2.00. The summed E-state index contributed by atoms with van der Waals surface area (Å²) < 4.78 is 6.00. The number of rotatable bonds is 0. The van der Waals surface area contributed by atoms with Crippen molar-refractivity contribution in [1.82, 2.24) is 0 Å². The lowest BCUT2D eigenvalue weighted by atomic mass is 10.1. The van der Waals surface area contributed by atoms with Crippen LogP contribution >= 0.6 is 43.4 Å². The van der Waals surface area contributed by atoms with Gasteiger partial charge in [-0.2, -0.15) is 0 Å². The minimum absolute atomic E-state index is 0.156. The molecule has 1 aliphatic carbocycles. The predicted molar refractivity (Wildman–Crippen MR) is 126 cm³/mol. The highest BCUT2D eigenvalue weighted by Gasteiger charge is 2.21. The molecule has 26 heavy (non-hydrogen) atoms. The molecule has 0 radical (unpaired) electrons. The van der Waals surface area contributed by atoms with Gasteiger partial charge in [0.05, 0.1) is 15.8 Å². The molecule has 0 saturated carbocycles. The fraction of sp³-hybridized carbons (Fsp3) is 0.174. The molecule has 0 bridgehead atoms. The van der Waals surface area contributed by atoms with Gasteiger partial charge in [-0.15, -0.1) is 22.7 Å². The second kappa shape index (κ2) is 6.92. The van der Waals surface area contributed by atoms with E-state index in [4.69, 9.17) is 0 Å². The summed E-state index contributed by atoms with van der Waals surface area (Å²) in [5, 5.41) is 0. The topological polar surface area (TPSA) is 0 Å². The smallest absolute Gasteiger partial charge is 0.0704 e. The van der Waals surface area contributed by atoms with Gasteiger partial charge in [-0.05, 0) is 62.1 Å². The Morgan fingerprint density at radius 3 is 2.73 bits per heavy atom. The molecule has 1 aromatic carbocycles. The van der Waals surface area contributed by atoms with E-state index in [0.29, 0.717) is 0 Å². The lowest BCUT2D eigenvalue weighted by Crippen LogP contribution is -1.89. The Hall–Kier alpha value is -1.48. The average molecular weight is 484 g/mol. The van der Waals surface area contributed by atoms with Crippen molar-refractivity contribution in [3.8, 4) is 11.8 Å². The van der Waals surface area contributed by atoms with Gasteiger partial charge in [0.2, 0.25) is 0 Å². The summed E-state index contributed by atoms with van der Waals surface area (Å²) in [6, 6.07) is 10.3. The lowest BCUT2D eigenvalue weighted by molar-refractivity contribution is 0.829. The van der Waals surface area contributed by atoms with Gasteiger partial charge < -0.3 is 0 Å². The van der Waals surface area contributed by atoms with Crippen LogP contribution in [0.3, 0.4) is 0 Å². The number of allylic oxidation sites excluding steroid dienone is 2. The summed E-state index contributed by atoms with van der Waals surface area (Å²) in [5.74, 6) is 6.75. The molecular formula is C23H17IS2. The molecule has 0 saturated heterocycles. The third-order valence-electron chi connectivity index (χ3n) is 4.70. The van der Waals surface area contributed by atoms with E-state index in [2.05, 4.69) is 49.1 Å². The van der Waals surface area contributed by atoms with Crippen molar-refractivity contribution in [2.24, 2.45) is 0 Å². The largest absolute Gasteiger partial charge is 0.134 e. The molecule has 5 rings (SSSR count). The monoisotopic (exact) mass is 484 g/mol. The van der Waals surface area contributed by atoms with E-state index in [-0.39, 0.29) is 20.7 Å². The quantitative estimate of drug-likeness (QED) is 0.236. The van der Waals surface area contributed by atoms with Gasteiger partial charge in [0, 0.05) is 16.0 Å². The fourth-order valence-corrected chi connectivity index (χ4v) is 9.74. The van der Waals surface area contributed by atoms with Crippen molar-refractivity contribution in [2.75, 3.05) is 0 Å². The summed E-state index contributed by atoms with van der Waals surface area (Å²) in [7, 11) is 0. The van der Waals surface area contributed by atoms with Crippen molar-refractivity contribution in [2.45, 2.75) is 26.2 Å². The van der Waals surface area contributed by atoms with Crippen LogP contribution in [0.4, 0.5) is 0 Å².